The van der Waals surface area contributed by atoms with Gasteiger partial charge in [-0.25, -0.2) is 9.97 Å². The standard InChI is InChI=1S/C28H33ClN4O/c1-19(2)25(32-27-30-16-14-24(31-27)21-8-6-5-7-9-21)26(34)33-17-15-23(28(3,4)18-33)20-10-12-22(29)13-11-20/h5-14,16,19,23,25H,15,17-18H2,1-4H3,(H,30,31,32)/t23?,25-/m1/s1. The Bertz CT molecular complexity index is 1110. The highest BCUT2D eigenvalue weighted by atomic mass is 35.5. The second kappa shape index (κ2) is 10.1. The molecule has 0 saturated carbocycles. The van der Waals surface area contributed by atoms with Crippen molar-refractivity contribution in [3.05, 3.63) is 77.4 Å². The van der Waals surface area contributed by atoms with Gasteiger partial charge in [-0.05, 0) is 47.4 Å². The second-order valence-electron chi connectivity index (χ2n) is 10.1. The van der Waals surface area contributed by atoms with Gasteiger partial charge in [-0.2, -0.15) is 0 Å². The molecule has 1 unspecified atom stereocenters. The predicted octanol–water partition coefficient (Wildman–Crippen LogP) is 6.28. The summed E-state index contributed by atoms with van der Waals surface area (Å²) >= 11 is 6.09. The fourth-order valence-electron chi connectivity index (χ4n) is 4.91. The van der Waals surface area contributed by atoms with Crippen LogP contribution in [0.2, 0.25) is 5.02 Å². The molecule has 2 aromatic carbocycles. The molecule has 1 N–H and O–H groups in total. The van der Waals surface area contributed by atoms with E-state index in [-0.39, 0.29) is 17.2 Å². The zero-order chi connectivity index (χ0) is 24.3. The van der Waals surface area contributed by atoms with Gasteiger partial charge in [0, 0.05) is 29.9 Å². The van der Waals surface area contributed by atoms with Crippen LogP contribution < -0.4 is 5.32 Å². The first-order valence-corrected chi connectivity index (χ1v) is 12.3. The number of hydrogen-bond donors (Lipinski definition) is 1. The summed E-state index contributed by atoms with van der Waals surface area (Å²) in [4.78, 5) is 24.7. The number of nitrogens with zero attached hydrogens (tertiary/aromatic N) is 3. The molecule has 4 rings (SSSR count). The lowest BCUT2D eigenvalue weighted by molar-refractivity contribution is -0.136. The third kappa shape index (κ3) is 5.41. The number of hydrogen-bond acceptors (Lipinski definition) is 4. The van der Waals surface area contributed by atoms with Crippen molar-refractivity contribution in [3.8, 4) is 11.3 Å². The molecule has 2 atom stereocenters. The van der Waals surface area contributed by atoms with Crippen LogP contribution in [0.3, 0.4) is 0 Å². The molecule has 0 bridgehead atoms. The Hall–Kier alpha value is -2.92. The van der Waals surface area contributed by atoms with E-state index in [0.29, 0.717) is 18.4 Å². The van der Waals surface area contributed by atoms with Gasteiger partial charge in [0.2, 0.25) is 11.9 Å². The van der Waals surface area contributed by atoms with E-state index in [4.69, 9.17) is 11.6 Å². The van der Waals surface area contributed by atoms with Gasteiger partial charge < -0.3 is 10.2 Å². The summed E-state index contributed by atoms with van der Waals surface area (Å²) in [5.41, 5.74) is 3.09. The summed E-state index contributed by atoms with van der Waals surface area (Å²) in [6, 6.07) is 19.6. The number of anilines is 1. The maximum absolute atomic E-state index is 13.7. The highest BCUT2D eigenvalue weighted by Gasteiger charge is 2.40. The van der Waals surface area contributed by atoms with E-state index in [9.17, 15) is 4.79 Å². The molecular formula is C28H33ClN4O. The average Bonchev–Trinajstić information content (AvgIpc) is 2.83. The van der Waals surface area contributed by atoms with E-state index in [0.717, 1.165) is 29.2 Å². The lowest BCUT2D eigenvalue weighted by Crippen LogP contribution is -2.53. The van der Waals surface area contributed by atoms with Gasteiger partial charge in [0.25, 0.3) is 0 Å². The summed E-state index contributed by atoms with van der Waals surface area (Å²) in [5, 5.41) is 4.08. The molecule has 1 fully saturated rings. The summed E-state index contributed by atoms with van der Waals surface area (Å²) in [6.45, 7) is 10.0. The molecule has 3 aromatic rings. The number of aromatic nitrogens is 2. The number of carbonyl (C=O) groups excluding carboxylic acids is 1. The number of benzene rings is 2. The molecule has 6 heteroatoms. The maximum Gasteiger partial charge on any atom is 0.245 e. The van der Waals surface area contributed by atoms with Crippen LogP contribution in [0.1, 0.15) is 45.6 Å². The molecule has 34 heavy (non-hydrogen) atoms. The second-order valence-corrected chi connectivity index (χ2v) is 10.6. The highest BCUT2D eigenvalue weighted by molar-refractivity contribution is 6.30. The SMILES string of the molecule is CC(C)[C@@H](Nc1nccc(-c2ccccc2)n1)C(=O)N1CCC(c2ccc(Cl)cc2)C(C)(C)C1. The van der Waals surface area contributed by atoms with Gasteiger partial charge in [0.15, 0.2) is 0 Å². The molecule has 178 valence electrons. The Morgan fingerprint density at radius 3 is 2.44 bits per heavy atom. The van der Waals surface area contributed by atoms with Crippen LogP contribution in [0, 0.1) is 11.3 Å². The molecule has 0 radical (unpaired) electrons. The predicted molar refractivity (Wildman–Crippen MR) is 139 cm³/mol. The molecule has 2 heterocycles. The molecule has 1 saturated heterocycles. The Labute approximate surface area is 207 Å². The third-order valence-corrected chi connectivity index (χ3v) is 7.01. The topological polar surface area (TPSA) is 58.1 Å². The van der Waals surface area contributed by atoms with Crippen LogP contribution in [0.15, 0.2) is 66.9 Å². The lowest BCUT2D eigenvalue weighted by Gasteiger charge is -2.45. The Balaban J connectivity index is 1.49. The monoisotopic (exact) mass is 476 g/mol. The number of rotatable bonds is 6. The van der Waals surface area contributed by atoms with E-state index >= 15 is 0 Å². The first-order valence-electron chi connectivity index (χ1n) is 11.9. The molecule has 0 spiro atoms. The third-order valence-electron chi connectivity index (χ3n) is 6.76. The van der Waals surface area contributed by atoms with E-state index in [2.05, 4.69) is 55.1 Å². The fourth-order valence-corrected chi connectivity index (χ4v) is 5.03. The number of halogens is 1. The number of carbonyl (C=O) groups is 1. The number of nitrogens with one attached hydrogen (secondary N) is 1. The Morgan fingerprint density at radius 2 is 1.79 bits per heavy atom. The van der Waals surface area contributed by atoms with Crippen LogP contribution in [-0.4, -0.2) is 39.9 Å². The molecular weight excluding hydrogens is 444 g/mol. The van der Waals surface area contributed by atoms with Gasteiger partial charge in [-0.15, -0.1) is 0 Å². The Kier molecular flexibility index (Phi) is 7.22. The van der Waals surface area contributed by atoms with E-state index in [1.165, 1.54) is 5.56 Å². The summed E-state index contributed by atoms with van der Waals surface area (Å²) in [7, 11) is 0. The van der Waals surface area contributed by atoms with Crippen LogP contribution >= 0.6 is 11.6 Å². The number of likely N-dealkylation sites (tertiary alicyclic amines) is 1. The first kappa shape index (κ1) is 24.2. The van der Waals surface area contributed by atoms with Crippen LogP contribution in [-0.2, 0) is 4.79 Å². The zero-order valence-corrected chi connectivity index (χ0v) is 21.1. The van der Waals surface area contributed by atoms with Crippen LogP contribution in [0.4, 0.5) is 5.95 Å². The summed E-state index contributed by atoms with van der Waals surface area (Å²) in [5.74, 6) is 1.05. The van der Waals surface area contributed by atoms with Gasteiger partial charge in [-0.3, -0.25) is 4.79 Å². The maximum atomic E-state index is 13.7. The smallest absolute Gasteiger partial charge is 0.245 e. The van der Waals surface area contributed by atoms with E-state index in [1.807, 2.05) is 53.4 Å². The summed E-state index contributed by atoms with van der Waals surface area (Å²) in [6.07, 6.45) is 2.66. The highest BCUT2D eigenvalue weighted by Crippen LogP contribution is 2.42. The van der Waals surface area contributed by atoms with Crippen molar-refractivity contribution in [2.24, 2.45) is 11.3 Å². The Morgan fingerprint density at radius 1 is 1.09 bits per heavy atom. The van der Waals surface area contributed by atoms with Gasteiger partial charge in [0.1, 0.15) is 6.04 Å². The van der Waals surface area contributed by atoms with Crippen molar-refractivity contribution in [2.45, 2.75) is 46.1 Å². The average molecular weight is 477 g/mol. The molecule has 0 aliphatic carbocycles. The number of piperidine rings is 1. The minimum absolute atomic E-state index is 0.0486. The minimum Gasteiger partial charge on any atom is -0.342 e. The molecule has 5 nitrogen and oxygen atoms in total. The van der Waals surface area contributed by atoms with Gasteiger partial charge in [0.05, 0.1) is 5.69 Å². The van der Waals surface area contributed by atoms with Crippen molar-refractivity contribution in [1.82, 2.24) is 14.9 Å². The van der Waals surface area contributed by atoms with Crippen LogP contribution in [0.5, 0.6) is 0 Å². The van der Waals surface area contributed by atoms with E-state index < -0.39 is 6.04 Å². The van der Waals surface area contributed by atoms with Gasteiger partial charge >= 0.3 is 0 Å². The lowest BCUT2D eigenvalue weighted by atomic mass is 9.70. The molecule has 1 aliphatic heterocycles. The minimum atomic E-state index is -0.395. The fraction of sp³-hybridized carbons (Fsp3) is 0.393. The van der Waals surface area contributed by atoms with Crippen molar-refractivity contribution < 1.29 is 4.79 Å². The van der Waals surface area contributed by atoms with Crippen molar-refractivity contribution in [1.29, 1.82) is 0 Å². The largest absolute Gasteiger partial charge is 0.342 e. The van der Waals surface area contributed by atoms with Crippen LogP contribution in [0.25, 0.3) is 11.3 Å². The first-order chi connectivity index (χ1) is 16.2. The van der Waals surface area contributed by atoms with Crippen molar-refractivity contribution in [2.75, 3.05) is 18.4 Å². The normalized spacial score (nSPS) is 18.5. The molecule has 1 amide bonds. The quantitative estimate of drug-likeness (QED) is 0.455. The zero-order valence-electron chi connectivity index (χ0n) is 20.3. The van der Waals surface area contributed by atoms with E-state index in [1.54, 1.807) is 6.20 Å². The van der Waals surface area contributed by atoms with Crippen molar-refractivity contribution in [3.63, 3.8) is 0 Å². The molecule has 1 aromatic heterocycles. The number of amides is 1. The summed E-state index contributed by atoms with van der Waals surface area (Å²) < 4.78 is 0. The van der Waals surface area contributed by atoms with Gasteiger partial charge in [-0.1, -0.05) is 81.8 Å². The molecule has 1 aliphatic rings. The van der Waals surface area contributed by atoms with Crippen molar-refractivity contribution >= 4 is 23.5 Å².